The molecule has 1 aliphatic rings. The minimum atomic E-state index is -0.0889. The van der Waals surface area contributed by atoms with Gasteiger partial charge in [0.15, 0.2) is 0 Å². The third-order valence-electron chi connectivity index (χ3n) is 4.00. The van der Waals surface area contributed by atoms with E-state index < -0.39 is 0 Å². The SMILES string of the molecule is CO[C@H]1CCN(c2ccc(NC(=O)c3ccccc3)cc2)C1. The summed E-state index contributed by atoms with van der Waals surface area (Å²) in [5.74, 6) is -0.0889. The van der Waals surface area contributed by atoms with E-state index in [0.717, 1.165) is 30.9 Å². The van der Waals surface area contributed by atoms with E-state index in [1.54, 1.807) is 19.2 Å². The lowest BCUT2D eigenvalue weighted by atomic mass is 10.2. The Morgan fingerprint density at radius 2 is 1.86 bits per heavy atom. The number of rotatable bonds is 4. The lowest BCUT2D eigenvalue weighted by Gasteiger charge is -2.18. The van der Waals surface area contributed by atoms with E-state index in [9.17, 15) is 4.79 Å². The molecule has 0 aromatic heterocycles. The summed E-state index contributed by atoms with van der Waals surface area (Å²) < 4.78 is 5.39. The Morgan fingerprint density at radius 3 is 2.50 bits per heavy atom. The Kier molecular flexibility index (Phi) is 4.39. The molecule has 0 radical (unpaired) electrons. The van der Waals surface area contributed by atoms with Crippen molar-refractivity contribution in [3.05, 3.63) is 60.2 Å². The molecule has 0 bridgehead atoms. The average Bonchev–Trinajstić information content (AvgIpc) is 3.05. The van der Waals surface area contributed by atoms with Gasteiger partial charge in [0.05, 0.1) is 6.10 Å². The zero-order chi connectivity index (χ0) is 15.4. The van der Waals surface area contributed by atoms with Gasteiger partial charge in [0.1, 0.15) is 0 Å². The van der Waals surface area contributed by atoms with Crippen molar-refractivity contribution < 1.29 is 9.53 Å². The average molecular weight is 296 g/mol. The fourth-order valence-electron chi connectivity index (χ4n) is 2.70. The number of anilines is 2. The van der Waals surface area contributed by atoms with Crippen LogP contribution in [0, 0.1) is 0 Å². The van der Waals surface area contributed by atoms with Crippen LogP contribution in [0.3, 0.4) is 0 Å². The molecule has 22 heavy (non-hydrogen) atoms. The van der Waals surface area contributed by atoms with Gasteiger partial charge in [-0.2, -0.15) is 0 Å². The summed E-state index contributed by atoms with van der Waals surface area (Å²) in [5.41, 5.74) is 2.63. The summed E-state index contributed by atoms with van der Waals surface area (Å²) in [5, 5.41) is 2.91. The smallest absolute Gasteiger partial charge is 0.255 e. The van der Waals surface area contributed by atoms with E-state index in [-0.39, 0.29) is 5.91 Å². The first kappa shape index (κ1) is 14.6. The van der Waals surface area contributed by atoms with Crippen LogP contribution >= 0.6 is 0 Å². The van der Waals surface area contributed by atoms with Crippen LogP contribution in [-0.4, -0.2) is 32.2 Å². The van der Waals surface area contributed by atoms with Crippen LogP contribution in [0.25, 0.3) is 0 Å². The molecule has 3 rings (SSSR count). The van der Waals surface area contributed by atoms with Gasteiger partial charge in [-0.15, -0.1) is 0 Å². The third kappa shape index (κ3) is 3.28. The molecule has 1 amide bonds. The maximum Gasteiger partial charge on any atom is 0.255 e. The molecule has 2 aromatic rings. The maximum atomic E-state index is 12.1. The number of hydrogen-bond acceptors (Lipinski definition) is 3. The topological polar surface area (TPSA) is 41.6 Å². The molecule has 4 heteroatoms. The molecule has 1 saturated heterocycles. The van der Waals surface area contributed by atoms with Gasteiger partial charge in [-0.1, -0.05) is 18.2 Å². The van der Waals surface area contributed by atoms with Crippen LogP contribution in [0.1, 0.15) is 16.8 Å². The van der Waals surface area contributed by atoms with Crippen molar-refractivity contribution in [2.45, 2.75) is 12.5 Å². The summed E-state index contributed by atoms with van der Waals surface area (Å²) in [6, 6.07) is 17.2. The van der Waals surface area contributed by atoms with Crippen LogP contribution in [0.2, 0.25) is 0 Å². The fraction of sp³-hybridized carbons (Fsp3) is 0.278. The Hall–Kier alpha value is -2.33. The lowest BCUT2D eigenvalue weighted by Crippen LogP contribution is -2.22. The first-order valence-electron chi connectivity index (χ1n) is 7.50. The summed E-state index contributed by atoms with van der Waals surface area (Å²) in [4.78, 5) is 14.4. The van der Waals surface area contributed by atoms with E-state index in [4.69, 9.17) is 4.74 Å². The lowest BCUT2D eigenvalue weighted by molar-refractivity contribution is 0.102. The number of hydrogen-bond donors (Lipinski definition) is 1. The van der Waals surface area contributed by atoms with Crippen molar-refractivity contribution in [1.29, 1.82) is 0 Å². The van der Waals surface area contributed by atoms with E-state index in [1.807, 2.05) is 42.5 Å². The summed E-state index contributed by atoms with van der Waals surface area (Å²) in [7, 11) is 1.76. The first-order chi connectivity index (χ1) is 10.8. The molecule has 1 heterocycles. The second-order valence-electron chi connectivity index (χ2n) is 5.46. The van der Waals surface area contributed by atoms with Crippen molar-refractivity contribution in [1.82, 2.24) is 0 Å². The van der Waals surface area contributed by atoms with Crippen molar-refractivity contribution in [3.63, 3.8) is 0 Å². The number of carbonyl (C=O) groups excluding carboxylic acids is 1. The van der Waals surface area contributed by atoms with Crippen LogP contribution in [0.4, 0.5) is 11.4 Å². The summed E-state index contributed by atoms with van der Waals surface area (Å²) in [6.45, 7) is 1.93. The molecular weight excluding hydrogens is 276 g/mol. The maximum absolute atomic E-state index is 12.1. The van der Waals surface area contributed by atoms with Crippen molar-refractivity contribution in [3.8, 4) is 0 Å². The van der Waals surface area contributed by atoms with Gasteiger partial charge in [0, 0.05) is 37.1 Å². The molecule has 2 aromatic carbocycles. The number of nitrogens with zero attached hydrogens (tertiary/aromatic N) is 1. The Labute approximate surface area is 130 Å². The van der Waals surface area contributed by atoms with Crippen LogP contribution < -0.4 is 10.2 Å². The molecule has 1 N–H and O–H groups in total. The van der Waals surface area contributed by atoms with E-state index in [1.165, 1.54) is 0 Å². The predicted molar refractivity (Wildman–Crippen MR) is 88.5 cm³/mol. The van der Waals surface area contributed by atoms with E-state index >= 15 is 0 Å². The first-order valence-corrected chi connectivity index (χ1v) is 7.50. The number of amides is 1. The van der Waals surface area contributed by atoms with Crippen LogP contribution in [0.15, 0.2) is 54.6 Å². The Balaban J connectivity index is 1.64. The predicted octanol–water partition coefficient (Wildman–Crippen LogP) is 3.16. The van der Waals surface area contributed by atoms with Crippen molar-refractivity contribution in [2.24, 2.45) is 0 Å². The molecule has 1 atom stereocenters. The number of methoxy groups -OCH3 is 1. The second kappa shape index (κ2) is 6.62. The highest BCUT2D eigenvalue weighted by Gasteiger charge is 2.22. The monoisotopic (exact) mass is 296 g/mol. The van der Waals surface area contributed by atoms with E-state index in [2.05, 4.69) is 10.2 Å². The van der Waals surface area contributed by atoms with E-state index in [0.29, 0.717) is 11.7 Å². The molecule has 114 valence electrons. The zero-order valence-electron chi connectivity index (χ0n) is 12.7. The molecule has 0 saturated carbocycles. The molecular formula is C18H20N2O2. The quantitative estimate of drug-likeness (QED) is 0.942. The molecule has 0 spiro atoms. The minimum absolute atomic E-state index is 0.0889. The van der Waals surface area contributed by atoms with Crippen molar-refractivity contribution >= 4 is 17.3 Å². The standard InChI is InChI=1S/C18H20N2O2/c1-22-17-11-12-20(13-17)16-9-7-15(8-10-16)19-18(21)14-5-3-2-4-6-14/h2-10,17H,11-13H2,1H3,(H,19,21)/t17-/m0/s1. The molecule has 1 aliphatic heterocycles. The van der Waals surface area contributed by atoms with Gasteiger partial charge in [0.25, 0.3) is 5.91 Å². The number of nitrogens with one attached hydrogen (secondary N) is 1. The number of carbonyl (C=O) groups is 1. The zero-order valence-corrected chi connectivity index (χ0v) is 12.7. The highest BCUT2D eigenvalue weighted by atomic mass is 16.5. The minimum Gasteiger partial charge on any atom is -0.380 e. The normalized spacial score (nSPS) is 17.5. The highest BCUT2D eigenvalue weighted by Crippen LogP contribution is 2.23. The summed E-state index contributed by atoms with van der Waals surface area (Å²) >= 11 is 0. The van der Waals surface area contributed by atoms with Crippen LogP contribution in [0.5, 0.6) is 0 Å². The molecule has 0 aliphatic carbocycles. The number of ether oxygens (including phenoxy) is 1. The van der Waals surface area contributed by atoms with Crippen molar-refractivity contribution in [2.75, 3.05) is 30.4 Å². The molecule has 0 unspecified atom stereocenters. The molecule has 1 fully saturated rings. The van der Waals surface area contributed by atoms with Gasteiger partial charge < -0.3 is 15.0 Å². The fourth-order valence-corrected chi connectivity index (χ4v) is 2.70. The largest absolute Gasteiger partial charge is 0.380 e. The van der Waals surface area contributed by atoms with Gasteiger partial charge in [0.2, 0.25) is 0 Å². The second-order valence-corrected chi connectivity index (χ2v) is 5.46. The highest BCUT2D eigenvalue weighted by molar-refractivity contribution is 6.04. The van der Waals surface area contributed by atoms with Gasteiger partial charge in [-0.25, -0.2) is 0 Å². The third-order valence-corrected chi connectivity index (χ3v) is 4.00. The van der Waals surface area contributed by atoms with Gasteiger partial charge in [-0.3, -0.25) is 4.79 Å². The number of benzene rings is 2. The Morgan fingerprint density at radius 1 is 1.14 bits per heavy atom. The van der Waals surface area contributed by atoms with Gasteiger partial charge >= 0.3 is 0 Å². The summed E-state index contributed by atoms with van der Waals surface area (Å²) in [6.07, 6.45) is 1.38. The van der Waals surface area contributed by atoms with Crippen LogP contribution in [-0.2, 0) is 4.74 Å². The Bertz CT molecular complexity index is 625. The molecule has 4 nitrogen and oxygen atoms in total. The van der Waals surface area contributed by atoms with Gasteiger partial charge in [-0.05, 0) is 42.8 Å².